The molecule has 0 aliphatic rings. The maximum Gasteiger partial charge on any atom is 0.325 e. The van der Waals surface area contributed by atoms with Crippen LogP contribution in [0.25, 0.3) is 5.65 Å². The van der Waals surface area contributed by atoms with Gasteiger partial charge >= 0.3 is 5.97 Å². The topological polar surface area (TPSA) is 96.8 Å². The fourth-order valence-corrected chi connectivity index (χ4v) is 1.79. The number of carbonyl (C=O) groups excluding carboxylic acids is 2. The van der Waals surface area contributed by atoms with Gasteiger partial charge in [0.05, 0.1) is 7.11 Å². The molecule has 0 aliphatic heterocycles. The number of methoxy groups -OCH3 is 1. The van der Waals surface area contributed by atoms with Crippen LogP contribution < -0.4 is 5.56 Å². The van der Waals surface area contributed by atoms with Crippen molar-refractivity contribution in [2.24, 2.45) is 0 Å². The zero-order valence-electron chi connectivity index (χ0n) is 11.3. The van der Waals surface area contributed by atoms with E-state index in [0.29, 0.717) is 5.69 Å². The van der Waals surface area contributed by atoms with Gasteiger partial charge in [0.25, 0.3) is 11.5 Å². The lowest BCUT2D eigenvalue weighted by Crippen LogP contribution is -2.32. The number of aryl methyl sites for hydroxylation is 1. The van der Waals surface area contributed by atoms with E-state index < -0.39 is 11.9 Å². The van der Waals surface area contributed by atoms with Gasteiger partial charge in [0.2, 0.25) is 0 Å². The van der Waals surface area contributed by atoms with E-state index in [1.165, 1.54) is 35.8 Å². The van der Waals surface area contributed by atoms with Crippen LogP contribution >= 0.6 is 0 Å². The van der Waals surface area contributed by atoms with E-state index in [2.05, 4.69) is 14.8 Å². The third-order valence-electron chi connectivity index (χ3n) is 2.80. The quantitative estimate of drug-likeness (QED) is 0.769. The van der Waals surface area contributed by atoms with Gasteiger partial charge in [-0.1, -0.05) is 0 Å². The van der Waals surface area contributed by atoms with Crippen molar-refractivity contribution in [1.29, 1.82) is 0 Å². The first-order chi connectivity index (χ1) is 9.43. The summed E-state index contributed by atoms with van der Waals surface area (Å²) < 4.78 is 5.68. The fraction of sp³-hybridized carbons (Fsp3) is 0.333. The van der Waals surface area contributed by atoms with Gasteiger partial charge in [-0.25, -0.2) is 9.50 Å². The monoisotopic (exact) mass is 278 g/mol. The van der Waals surface area contributed by atoms with Crippen LogP contribution in [0.2, 0.25) is 0 Å². The molecule has 2 aromatic rings. The minimum absolute atomic E-state index is 0.178. The molecule has 0 aromatic carbocycles. The molecule has 0 aliphatic carbocycles. The zero-order chi connectivity index (χ0) is 14.9. The lowest BCUT2D eigenvalue weighted by atomic mass is 10.3. The van der Waals surface area contributed by atoms with Crippen molar-refractivity contribution in [2.45, 2.75) is 6.92 Å². The number of carbonyl (C=O) groups is 2. The number of nitrogens with one attached hydrogen (secondary N) is 1. The second-order valence-electron chi connectivity index (χ2n) is 4.32. The Morgan fingerprint density at radius 1 is 1.50 bits per heavy atom. The van der Waals surface area contributed by atoms with Crippen molar-refractivity contribution in [1.82, 2.24) is 19.5 Å². The molecule has 0 spiro atoms. The number of hydrogen-bond acceptors (Lipinski definition) is 5. The van der Waals surface area contributed by atoms with Crippen molar-refractivity contribution in [3.8, 4) is 0 Å². The maximum absolute atomic E-state index is 12.2. The van der Waals surface area contributed by atoms with Crippen LogP contribution in [-0.4, -0.2) is 52.1 Å². The molecular weight excluding hydrogens is 264 g/mol. The van der Waals surface area contributed by atoms with Crippen molar-refractivity contribution in [3.05, 3.63) is 33.9 Å². The molecule has 0 unspecified atom stereocenters. The molecule has 8 heteroatoms. The summed E-state index contributed by atoms with van der Waals surface area (Å²) in [5.74, 6) is -0.950. The minimum Gasteiger partial charge on any atom is -0.468 e. The highest BCUT2D eigenvalue weighted by Crippen LogP contribution is 2.09. The van der Waals surface area contributed by atoms with Crippen LogP contribution in [0, 0.1) is 6.92 Å². The number of ether oxygens (including phenoxy) is 1. The molecular formula is C12H14N4O4. The zero-order valence-corrected chi connectivity index (χ0v) is 11.3. The molecule has 106 valence electrons. The first-order valence-corrected chi connectivity index (χ1v) is 5.84. The SMILES string of the molecule is COC(=O)CN(C)C(=O)c1c[nH]n2c(=O)cc(C)nc12. The molecule has 2 rings (SSSR count). The van der Waals surface area contributed by atoms with E-state index >= 15 is 0 Å². The number of likely N-dealkylation sites (N-methyl/N-ethyl adjacent to an activating group) is 1. The van der Waals surface area contributed by atoms with E-state index in [-0.39, 0.29) is 23.3 Å². The molecule has 0 fully saturated rings. The predicted octanol–water partition coefficient (Wildman–Crippen LogP) is -0.424. The van der Waals surface area contributed by atoms with Gasteiger partial charge in [-0.2, -0.15) is 0 Å². The Labute approximate surface area is 114 Å². The van der Waals surface area contributed by atoms with Gasteiger partial charge in [0, 0.05) is 25.0 Å². The largest absolute Gasteiger partial charge is 0.468 e. The van der Waals surface area contributed by atoms with Crippen LogP contribution in [0.15, 0.2) is 17.1 Å². The average molecular weight is 278 g/mol. The van der Waals surface area contributed by atoms with Crippen LogP contribution in [0.1, 0.15) is 16.1 Å². The van der Waals surface area contributed by atoms with E-state index in [4.69, 9.17) is 0 Å². The van der Waals surface area contributed by atoms with Crippen LogP contribution in [0.4, 0.5) is 0 Å². The lowest BCUT2D eigenvalue weighted by Gasteiger charge is -2.14. The molecule has 0 atom stereocenters. The van der Waals surface area contributed by atoms with E-state index in [0.717, 1.165) is 0 Å². The van der Waals surface area contributed by atoms with Crippen molar-refractivity contribution < 1.29 is 14.3 Å². The molecule has 20 heavy (non-hydrogen) atoms. The number of esters is 1. The van der Waals surface area contributed by atoms with Gasteiger partial charge in [0.1, 0.15) is 12.1 Å². The summed E-state index contributed by atoms with van der Waals surface area (Å²) in [6.45, 7) is 1.49. The van der Waals surface area contributed by atoms with E-state index in [1.807, 2.05) is 0 Å². The lowest BCUT2D eigenvalue weighted by molar-refractivity contribution is -0.141. The standard InChI is InChI=1S/C12H14N4O4/c1-7-4-9(17)16-11(14-7)8(5-13-16)12(19)15(2)6-10(18)20-3/h4-5,13H,6H2,1-3H3. The number of nitrogens with zero attached hydrogens (tertiary/aromatic N) is 3. The molecule has 0 saturated heterocycles. The Morgan fingerprint density at radius 2 is 2.20 bits per heavy atom. The van der Waals surface area contributed by atoms with Crippen molar-refractivity contribution in [2.75, 3.05) is 20.7 Å². The molecule has 0 radical (unpaired) electrons. The Morgan fingerprint density at radius 3 is 2.85 bits per heavy atom. The van der Waals surface area contributed by atoms with Gasteiger partial charge in [-0.15, -0.1) is 0 Å². The van der Waals surface area contributed by atoms with Crippen LogP contribution in [-0.2, 0) is 9.53 Å². The highest BCUT2D eigenvalue weighted by atomic mass is 16.5. The number of amides is 1. The summed E-state index contributed by atoms with van der Waals surface area (Å²) in [4.78, 5) is 40.5. The summed E-state index contributed by atoms with van der Waals surface area (Å²) in [5, 5.41) is 2.66. The van der Waals surface area contributed by atoms with Crippen molar-refractivity contribution >= 4 is 17.5 Å². The van der Waals surface area contributed by atoms with E-state index in [9.17, 15) is 14.4 Å². The molecule has 0 saturated carbocycles. The second kappa shape index (κ2) is 5.16. The number of H-pyrrole nitrogens is 1. The Balaban J connectivity index is 2.40. The number of rotatable bonds is 3. The molecule has 0 bridgehead atoms. The highest BCUT2D eigenvalue weighted by molar-refractivity contribution is 6.00. The van der Waals surface area contributed by atoms with Gasteiger partial charge in [-0.3, -0.25) is 19.5 Å². The highest BCUT2D eigenvalue weighted by Gasteiger charge is 2.20. The number of aromatic amines is 1. The predicted molar refractivity (Wildman–Crippen MR) is 69.5 cm³/mol. The normalized spacial score (nSPS) is 10.6. The third-order valence-corrected chi connectivity index (χ3v) is 2.80. The van der Waals surface area contributed by atoms with Crippen LogP contribution in [0.5, 0.6) is 0 Å². The average Bonchev–Trinajstić information content (AvgIpc) is 2.81. The summed E-state index contributed by atoms with van der Waals surface area (Å²) in [5.41, 5.74) is 0.662. The second-order valence-corrected chi connectivity index (χ2v) is 4.32. The molecule has 1 N–H and O–H groups in total. The van der Waals surface area contributed by atoms with Crippen LogP contribution in [0.3, 0.4) is 0 Å². The molecule has 8 nitrogen and oxygen atoms in total. The third kappa shape index (κ3) is 2.40. The Bertz CT molecular complexity index is 731. The van der Waals surface area contributed by atoms with E-state index in [1.54, 1.807) is 6.92 Å². The number of hydrogen-bond donors (Lipinski definition) is 1. The summed E-state index contributed by atoms with van der Waals surface area (Å²) in [6, 6.07) is 1.36. The number of fused-ring (bicyclic) bond motifs is 1. The van der Waals surface area contributed by atoms with Gasteiger partial charge < -0.3 is 9.64 Å². The minimum atomic E-state index is -0.526. The fourth-order valence-electron chi connectivity index (χ4n) is 1.79. The van der Waals surface area contributed by atoms with Crippen molar-refractivity contribution in [3.63, 3.8) is 0 Å². The summed E-state index contributed by atoms with van der Waals surface area (Å²) in [7, 11) is 2.72. The maximum atomic E-state index is 12.2. The first kappa shape index (κ1) is 13.8. The number of aromatic nitrogens is 3. The summed E-state index contributed by atoms with van der Waals surface area (Å²) in [6.07, 6.45) is 1.39. The first-order valence-electron chi connectivity index (χ1n) is 5.84. The molecule has 2 aromatic heterocycles. The molecule has 1 amide bonds. The van der Waals surface area contributed by atoms with Gasteiger partial charge in [-0.05, 0) is 6.92 Å². The summed E-state index contributed by atoms with van der Waals surface area (Å²) >= 11 is 0. The smallest absolute Gasteiger partial charge is 0.325 e. The molecule has 2 heterocycles. The van der Waals surface area contributed by atoms with Gasteiger partial charge in [0.15, 0.2) is 5.65 Å². The Kier molecular flexibility index (Phi) is 3.55. The Hall–Kier alpha value is -2.64.